The van der Waals surface area contributed by atoms with E-state index in [4.69, 9.17) is 21.1 Å². The van der Waals surface area contributed by atoms with Gasteiger partial charge >= 0.3 is 0 Å². The molecule has 10 heteroatoms. The summed E-state index contributed by atoms with van der Waals surface area (Å²) in [6, 6.07) is 21.0. The molecule has 230 valence electrons. The summed E-state index contributed by atoms with van der Waals surface area (Å²) in [6.45, 7) is 6.08. The van der Waals surface area contributed by atoms with E-state index < -0.39 is 36.1 Å². The van der Waals surface area contributed by atoms with Gasteiger partial charge in [0.1, 0.15) is 12.5 Å². The van der Waals surface area contributed by atoms with Crippen LogP contribution in [0.1, 0.15) is 73.7 Å². The SMILES string of the molecule is CCN1C(COC(C)N2C(=O)c3ccccc3C2=O)=CC(c2ccccc2Cl)C=C1COC(C)N1C(=O)c2ccccc2C1=O. The van der Waals surface area contributed by atoms with E-state index in [0.29, 0.717) is 33.8 Å². The summed E-state index contributed by atoms with van der Waals surface area (Å²) >= 11 is 6.61. The Balaban J connectivity index is 1.21. The Bertz CT molecular complexity index is 1590. The van der Waals surface area contributed by atoms with Crippen LogP contribution in [0, 0.1) is 0 Å². The zero-order valence-electron chi connectivity index (χ0n) is 25.1. The van der Waals surface area contributed by atoms with Crippen LogP contribution >= 0.6 is 11.6 Å². The molecule has 2 atom stereocenters. The molecule has 0 aliphatic carbocycles. The van der Waals surface area contributed by atoms with Gasteiger partial charge in [0, 0.05) is 28.9 Å². The minimum Gasteiger partial charge on any atom is -0.352 e. The molecule has 3 aliphatic heterocycles. The molecule has 0 radical (unpaired) electrons. The Morgan fingerprint density at radius 2 is 1.02 bits per heavy atom. The third-order valence-corrected chi connectivity index (χ3v) is 8.69. The molecule has 0 fully saturated rings. The predicted octanol–water partition coefficient (Wildman–Crippen LogP) is 5.84. The lowest BCUT2D eigenvalue weighted by Crippen LogP contribution is -2.42. The maximum atomic E-state index is 13.0. The van der Waals surface area contributed by atoms with Crippen LogP contribution in [-0.2, 0) is 9.47 Å². The van der Waals surface area contributed by atoms with E-state index in [9.17, 15) is 19.2 Å². The molecule has 4 amide bonds. The summed E-state index contributed by atoms with van der Waals surface area (Å²) in [6.07, 6.45) is 2.43. The fourth-order valence-electron chi connectivity index (χ4n) is 6.05. The Hall–Kier alpha value is -4.57. The third-order valence-electron chi connectivity index (χ3n) is 8.34. The van der Waals surface area contributed by atoms with Gasteiger partial charge in [0.15, 0.2) is 0 Å². The number of imide groups is 2. The van der Waals surface area contributed by atoms with Crippen LogP contribution < -0.4 is 0 Å². The minimum absolute atomic E-state index is 0.0919. The highest BCUT2D eigenvalue weighted by atomic mass is 35.5. The van der Waals surface area contributed by atoms with Gasteiger partial charge in [-0.25, -0.2) is 9.80 Å². The maximum Gasteiger partial charge on any atom is 0.263 e. The van der Waals surface area contributed by atoms with Crippen LogP contribution in [0.25, 0.3) is 0 Å². The minimum atomic E-state index is -0.824. The number of hydrogen-bond acceptors (Lipinski definition) is 7. The molecule has 3 aromatic rings. The molecule has 3 heterocycles. The molecule has 0 saturated carbocycles. The summed E-state index contributed by atoms with van der Waals surface area (Å²) < 4.78 is 12.4. The molecule has 2 unspecified atom stereocenters. The first-order valence-corrected chi connectivity index (χ1v) is 15.2. The smallest absolute Gasteiger partial charge is 0.263 e. The van der Waals surface area contributed by atoms with Crippen LogP contribution in [-0.4, -0.2) is 70.5 Å². The average molecular weight is 626 g/mol. The van der Waals surface area contributed by atoms with Crippen molar-refractivity contribution in [2.75, 3.05) is 19.8 Å². The lowest BCUT2D eigenvalue weighted by molar-refractivity contribution is -0.0242. The number of likely N-dealkylation sites (N-methyl/N-ethyl adjacent to an activating group) is 1. The average Bonchev–Trinajstić information content (AvgIpc) is 3.46. The molecule has 9 nitrogen and oxygen atoms in total. The van der Waals surface area contributed by atoms with Crippen molar-refractivity contribution < 1.29 is 28.7 Å². The van der Waals surface area contributed by atoms with Gasteiger partial charge < -0.3 is 14.4 Å². The standard InChI is InChI=1S/C35H32ClN3O6/c1-4-37-24(19-44-21(2)38-32(40)27-12-5-6-13-28(27)33(38)41)17-23(26-11-9-10-16-31(26)36)18-25(37)20-45-22(3)39-34(42)29-14-7-8-15-30(29)35(39)43/h5-18,21-23H,4,19-20H2,1-3H3. The second-order valence-corrected chi connectivity index (χ2v) is 11.4. The fourth-order valence-corrected chi connectivity index (χ4v) is 6.31. The molecular weight excluding hydrogens is 594 g/mol. The highest BCUT2D eigenvalue weighted by Crippen LogP contribution is 2.35. The Morgan fingerprint density at radius 1 is 0.644 bits per heavy atom. The van der Waals surface area contributed by atoms with Crippen molar-refractivity contribution in [1.82, 2.24) is 14.7 Å². The van der Waals surface area contributed by atoms with Gasteiger partial charge in [0.2, 0.25) is 0 Å². The van der Waals surface area contributed by atoms with Crippen LogP contribution in [0.4, 0.5) is 0 Å². The number of nitrogens with zero attached hydrogens (tertiary/aromatic N) is 3. The molecule has 45 heavy (non-hydrogen) atoms. The summed E-state index contributed by atoms with van der Waals surface area (Å²) in [5, 5.41) is 0.597. The first-order valence-electron chi connectivity index (χ1n) is 14.8. The Labute approximate surface area is 266 Å². The molecular formula is C35H32ClN3O6. The lowest BCUT2D eigenvalue weighted by Gasteiger charge is -2.36. The van der Waals surface area contributed by atoms with Gasteiger partial charge in [-0.2, -0.15) is 0 Å². The first kappa shape index (κ1) is 30.5. The summed E-state index contributed by atoms with van der Waals surface area (Å²) in [7, 11) is 0. The van der Waals surface area contributed by atoms with Gasteiger partial charge in [0.25, 0.3) is 23.6 Å². The molecule has 6 rings (SSSR count). The largest absolute Gasteiger partial charge is 0.352 e. The number of allylic oxidation sites excluding steroid dienone is 2. The number of benzene rings is 3. The monoisotopic (exact) mass is 625 g/mol. The van der Waals surface area contributed by atoms with Crippen molar-refractivity contribution in [2.24, 2.45) is 0 Å². The number of carbonyl (C=O) groups is 4. The topological polar surface area (TPSA) is 96.5 Å². The molecule has 3 aromatic carbocycles. The van der Waals surface area contributed by atoms with Gasteiger partial charge in [-0.3, -0.25) is 19.2 Å². The second kappa shape index (κ2) is 12.4. The first-order chi connectivity index (χ1) is 21.7. The number of carbonyl (C=O) groups excluding carboxylic acids is 4. The maximum absolute atomic E-state index is 13.0. The van der Waals surface area contributed by atoms with E-state index in [1.165, 1.54) is 0 Å². The normalized spacial score (nSPS) is 19.0. The quantitative estimate of drug-likeness (QED) is 0.261. The highest BCUT2D eigenvalue weighted by molar-refractivity contribution is 6.31. The number of hydrogen-bond donors (Lipinski definition) is 0. The second-order valence-electron chi connectivity index (χ2n) is 11.0. The number of fused-ring (bicyclic) bond motifs is 2. The number of amides is 4. The van der Waals surface area contributed by atoms with Crippen LogP contribution in [0.5, 0.6) is 0 Å². The van der Waals surface area contributed by atoms with Gasteiger partial charge in [-0.05, 0) is 56.7 Å². The van der Waals surface area contributed by atoms with E-state index in [0.717, 1.165) is 26.8 Å². The molecule has 0 N–H and O–H groups in total. The van der Waals surface area contributed by atoms with Crippen molar-refractivity contribution in [3.05, 3.63) is 129 Å². The van der Waals surface area contributed by atoms with Crippen LogP contribution in [0.3, 0.4) is 0 Å². The van der Waals surface area contributed by atoms with E-state index in [-0.39, 0.29) is 19.1 Å². The van der Waals surface area contributed by atoms with Gasteiger partial charge in [-0.15, -0.1) is 0 Å². The van der Waals surface area contributed by atoms with E-state index in [1.54, 1.807) is 62.4 Å². The molecule has 0 saturated heterocycles. The zero-order valence-corrected chi connectivity index (χ0v) is 25.9. The van der Waals surface area contributed by atoms with Crippen molar-refractivity contribution in [1.29, 1.82) is 0 Å². The van der Waals surface area contributed by atoms with Crippen molar-refractivity contribution >= 4 is 35.2 Å². The third kappa shape index (κ3) is 5.48. The summed E-state index contributed by atoms with van der Waals surface area (Å²) in [5.74, 6) is -1.80. The van der Waals surface area contributed by atoms with Gasteiger partial charge in [0.05, 0.1) is 35.5 Å². The summed E-state index contributed by atoms with van der Waals surface area (Å²) in [4.78, 5) is 56.4. The van der Waals surface area contributed by atoms with Crippen LogP contribution in [0.15, 0.2) is 96.3 Å². The number of rotatable bonds is 10. The van der Waals surface area contributed by atoms with E-state index in [1.807, 2.05) is 48.2 Å². The molecule has 0 aromatic heterocycles. The van der Waals surface area contributed by atoms with E-state index >= 15 is 0 Å². The summed E-state index contributed by atoms with van der Waals surface area (Å²) in [5.41, 5.74) is 3.90. The Morgan fingerprint density at radius 3 is 1.40 bits per heavy atom. The molecule has 0 spiro atoms. The number of halogens is 1. The number of ether oxygens (including phenoxy) is 2. The van der Waals surface area contributed by atoms with Gasteiger partial charge in [-0.1, -0.05) is 66.2 Å². The molecule has 0 bridgehead atoms. The predicted molar refractivity (Wildman–Crippen MR) is 167 cm³/mol. The Kier molecular flexibility index (Phi) is 8.42. The van der Waals surface area contributed by atoms with Crippen molar-refractivity contribution in [3.63, 3.8) is 0 Å². The highest BCUT2D eigenvalue weighted by Gasteiger charge is 2.40. The molecule has 3 aliphatic rings. The zero-order chi connectivity index (χ0) is 31.8. The van der Waals surface area contributed by atoms with E-state index in [2.05, 4.69) is 0 Å². The fraction of sp³-hybridized carbons (Fsp3) is 0.257. The lowest BCUT2D eigenvalue weighted by atomic mass is 9.93. The van der Waals surface area contributed by atoms with Crippen LogP contribution in [0.2, 0.25) is 5.02 Å². The van der Waals surface area contributed by atoms with Crippen molar-refractivity contribution in [3.8, 4) is 0 Å². The van der Waals surface area contributed by atoms with Crippen molar-refractivity contribution in [2.45, 2.75) is 39.1 Å².